The van der Waals surface area contributed by atoms with Crippen LogP contribution >= 0.6 is 11.3 Å². The van der Waals surface area contributed by atoms with Crippen LogP contribution in [0.5, 0.6) is 5.75 Å². The molecule has 1 aromatic heterocycles. The van der Waals surface area contributed by atoms with E-state index in [1.165, 1.54) is 11.3 Å². The van der Waals surface area contributed by atoms with Gasteiger partial charge >= 0.3 is 0 Å². The fourth-order valence-electron chi connectivity index (χ4n) is 1.88. The number of rotatable bonds is 5. The van der Waals surface area contributed by atoms with Crippen LogP contribution in [0.3, 0.4) is 0 Å². The number of amides is 1. The Morgan fingerprint density at radius 2 is 2.00 bits per heavy atom. The molecule has 1 aromatic carbocycles. The van der Waals surface area contributed by atoms with Gasteiger partial charge in [-0.2, -0.15) is 0 Å². The summed E-state index contributed by atoms with van der Waals surface area (Å²) < 4.78 is 0. The van der Waals surface area contributed by atoms with Crippen molar-refractivity contribution < 1.29 is 9.90 Å². The lowest BCUT2D eigenvalue weighted by Gasteiger charge is -2.05. The molecule has 0 spiro atoms. The van der Waals surface area contributed by atoms with Crippen LogP contribution in [0.2, 0.25) is 0 Å². The van der Waals surface area contributed by atoms with Crippen molar-refractivity contribution in [2.75, 3.05) is 6.54 Å². The van der Waals surface area contributed by atoms with E-state index < -0.39 is 0 Å². The third-order valence-corrected chi connectivity index (χ3v) is 3.92. The van der Waals surface area contributed by atoms with Crippen LogP contribution in [-0.4, -0.2) is 17.6 Å². The van der Waals surface area contributed by atoms with Crippen molar-refractivity contribution in [3.63, 3.8) is 0 Å². The van der Waals surface area contributed by atoms with E-state index in [2.05, 4.69) is 12.2 Å². The molecule has 3 nitrogen and oxygen atoms in total. The molecule has 4 heteroatoms. The Labute approximate surface area is 116 Å². The molecule has 19 heavy (non-hydrogen) atoms. The van der Waals surface area contributed by atoms with Crippen molar-refractivity contribution >= 4 is 17.2 Å². The minimum Gasteiger partial charge on any atom is -0.508 e. The molecular weight excluding hydrogens is 258 g/mol. The van der Waals surface area contributed by atoms with Gasteiger partial charge in [-0.3, -0.25) is 4.79 Å². The fraction of sp³-hybridized carbons (Fsp3) is 0.267. The van der Waals surface area contributed by atoms with E-state index in [1.807, 2.05) is 23.6 Å². The van der Waals surface area contributed by atoms with Gasteiger partial charge in [-0.15, -0.1) is 11.3 Å². The molecule has 1 heterocycles. The second-order valence-corrected chi connectivity index (χ2v) is 5.22. The number of thiophene rings is 1. The van der Waals surface area contributed by atoms with Gasteiger partial charge in [0.1, 0.15) is 5.75 Å². The highest BCUT2D eigenvalue weighted by Crippen LogP contribution is 2.17. The first-order valence-corrected chi connectivity index (χ1v) is 7.21. The Morgan fingerprint density at radius 3 is 2.68 bits per heavy atom. The first-order valence-electron chi connectivity index (χ1n) is 6.33. The SMILES string of the molecule is CCc1ccsc1C(=O)NCCc1ccc(O)cc1. The second kappa shape index (κ2) is 6.38. The maximum atomic E-state index is 12.0. The Bertz CT molecular complexity index is 546. The lowest BCUT2D eigenvalue weighted by atomic mass is 10.1. The number of nitrogens with one attached hydrogen (secondary N) is 1. The molecule has 0 aliphatic rings. The maximum absolute atomic E-state index is 12.0. The average Bonchev–Trinajstić information content (AvgIpc) is 2.89. The van der Waals surface area contributed by atoms with E-state index in [-0.39, 0.29) is 11.7 Å². The largest absolute Gasteiger partial charge is 0.508 e. The summed E-state index contributed by atoms with van der Waals surface area (Å²) in [5, 5.41) is 14.1. The standard InChI is InChI=1S/C15H17NO2S/c1-2-12-8-10-19-14(12)15(18)16-9-7-11-3-5-13(17)6-4-11/h3-6,8,10,17H,2,7,9H2,1H3,(H,16,18). The minimum atomic E-state index is 0.00521. The molecule has 0 bridgehead atoms. The number of aromatic hydroxyl groups is 1. The van der Waals surface area contributed by atoms with Gasteiger partial charge < -0.3 is 10.4 Å². The topological polar surface area (TPSA) is 49.3 Å². The molecule has 0 saturated carbocycles. The van der Waals surface area contributed by atoms with Crippen LogP contribution in [0.1, 0.15) is 27.7 Å². The number of phenolic OH excluding ortho intramolecular Hbond substituents is 1. The molecule has 0 atom stereocenters. The highest BCUT2D eigenvalue weighted by Gasteiger charge is 2.10. The summed E-state index contributed by atoms with van der Waals surface area (Å²) in [7, 11) is 0. The van der Waals surface area contributed by atoms with Gasteiger partial charge in [-0.25, -0.2) is 0 Å². The molecule has 0 unspecified atom stereocenters. The van der Waals surface area contributed by atoms with Gasteiger partial charge in [0.25, 0.3) is 5.91 Å². The van der Waals surface area contributed by atoms with E-state index in [0.717, 1.165) is 28.8 Å². The van der Waals surface area contributed by atoms with Gasteiger partial charge in [0, 0.05) is 6.54 Å². The molecular formula is C15H17NO2S. The van der Waals surface area contributed by atoms with Crippen molar-refractivity contribution in [1.82, 2.24) is 5.32 Å². The van der Waals surface area contributed by atoms with E-state index in [0.29, 0.717) is 6.54 Å². The quantitative estimate of drug-likeness (QED) is 0.881. The Morgan fingerprint density at radius 1 is 1.26 bits per heavy atom. The van der Waals surface area contributed by atoms with Crippen molar-refractivity contribution in [3.05, 3.63) is 51.7 Å². The highest BCUT2D eigenvalue weighted by molar-refractivity contribution is 7.12. The molecule has 2 aromatic rings. The van der Waals surface area contributed by atoms with Crippen molar-refractivity contribution in [2.24, 2.45) is 0 Å². The fourth-order valence-corrected chi connectivity index (χ4v) is 2.79. The summed E-state index contributed by atoms with van der Waals surface area (Å²) in [5.41, 5.74) is 2.20. The summed E-state index contributed by atoms with van der Waals surface area (Å²) >= 11 is 1.49. The molecule has 0 aliphatic carbocycles. The van der Waals surface area contributed by atoms with E-state index in [9.17, 15) is 9.90 Å². The van der Waals surface area contributed by atoms with Gasteiger partial charge in [0.15, 0.2) is 0 Å². The molecule has 2 N–H and O–H groups in total. The summed E-state index contributed by atoms with van der Waals surface area (Å²) in [4.78, 5) is 12.8. The highest BCUT2D eigenvalue weighted by atomic mass is 32.1. The molecule has 1 amide bonds. The van der Waals surface area contributed by atoms with Crippen molar-refractivity contribution in [3.8, 4) is 5.75 Å². The predicted octanol–water partition coefficient (Wildman–Crippen LogP) is 2.99. The van der Waals surface area contributed by atoms with Crippen molar-refractivity contribution in [2.45, 2.75) is 19.8 Å². The van der Waals surface area contributed by atoms with Crippen LogP contribution in [-0.2, 0) is 12.8 Å². The zero-order valence-corrected chi connectivity index (χ0v) is 11.7. The van der Waals surface area contributed by atoms with Gasteiger partial charge in [-0.05, 0) is 47.5 Å². The Balaban J connectivity index is 1.86. The van der Waals surface area contributed by atoms with E-state index in [4.69, 9.17) is 0 Å². The van der Waals surface area contributed by atoms with Crippen LogP contribution in [0.15, 0.2) is 35.7 Å². The van der Waals surface area contributed by atoms with Gasteiger partial charge in [-0.1, -0.05) is 19.1 Å². The Hall–Kier alpha value is -1.81. The third kappa shape index (κ3) is 3.58. The van der Waals surface area contributed by atoms with E-state index in [1.54, 1.807) is 12.1 Å². The number of carbonyl (C=O) groups is 1. The molecule has 0 aliphatic heterocycles. The Kier molecular flexibility index (Phi) is 4.58. The lowest BCUT2D eigenvalue weighted by Crippen LogP contribution is -2.25. The normalized spacial score (nSPS) is 10.4. The maximum Gasteiger partial charge on any atom is 0.261 e. The molecule has 2 rings (SSSR count). The summed E-state index contributed by atoms with van der Waals surface area (Å²) in [5.74, 6) is 0.268. The molecule has 0 saturated heterocycles. The van der Waals surface area contributed by atoms with Crippen LogP contribution in [0.25, 0.3) is 0 Å². The molecule has 100 valence electrons. The number of hydrogen-bond donors (Lipinski definition) is 2. The monoisotopic (exact) mass is 275 g/mol. The number of aryl methyl sites for hydroxylation is 1. The summed E-state index contributed by atoms with van der Waals surface area (Å²) in [6.07, 6.45) is 1.64. The number of phenols is 1. The first kappa shape index (κ1) is 13.6. The number of carbonyl (C=O) groups excluding carboxylic acids is 1. The van der Waals surface area contributed by atoms with Crippen LogP contribution < -0.4 is 5.32 Å². The third-order valence-electron chi connectivity index (χ3n) is 2.97. The van der Waals surface area contributed by atoms with Gasteiger partial charge in [0.2, 0.25) is 0 Å². The summed E-state index contributed by atoms with van der Waals surface area (Å²) in [6, 6.07) is 9.05. The lowest BCUT2D eigenvalue weighted by molar-refractivity contribution is 0.0957. The first-order chi connectivity index (χ1) is 9.20. The minimum absolute atomic E-state index is 0.00521. The van der Waals surface area contributed by atoms with Gasteiger partial charge in [0.05, 0.1) is 4.88 Å². The van der Waals surface area contributed by atoms with Crippen LogP contribution in [0.4, 0.5) is 0 Å². The van der Waals surface area contributed by atoms with Crippen molar-refractivity contribution in [1.29, 1.82) is 0 Å². The number of benzene rings is 1. The van der Waals surface area contributed by atoms with Crippen LogP contribution in [0, 0.1) is 0 Å². The summed E-state index contributed by atoms with van der Waals surface area (Å²) in [6.45, 7) is 2.65. The number of hydrogen-bond acceptors (Lipinski definition) is 3. The zero-order valence-electron chi connectivity index (χ0n) is 10.8. The molecule has 0 fully saturated rings. The smallest absolute Gasteiger partial charge is 0.261 e. The van der Waals surface area contributed by atoms with E-state index >= 15 is 0 Å². The predicted molar refractivity (Wildman–Crippen MR) is 77.8 cm³/mol. The second-order valence-electron chi connectivity index (χ2n) is 4.30. The zero-order chi connectivity index (χ0) is 13.7. The molecule has 0 radical (unpaired) electrons. The average molecular weight is 275 g/mol.